The smallest absolute Gasteiger partial charge is 0.269 e. The van der Waals surface area contributed by atoms with E-state index in [1.165, 1.54) is 12.1 Å². The predicted octanol–water partition coefficient (Wildman–Crippen LogP) is 3.02. The van der Waals surface area contributed by atoms with Crippen molar-refractivity contribution in [3.63, 3.8) is 0 Å². The van der Waals surface area contributed by atoms with E-state index in [9.17, 15) is 14.9 Å². The molecule has 0 aromatic heterocycles. The Morgan fingerprint density at radius 2 is 1.80 bits per heavy atom. The lowest BCUT2D eigenvalue weighted by Gasteiger charge is -2.30. The van der Waals surface area contributed by atoms with Gasteiger partial charge in [0.05, 0.1) is 11.1 Å². The molecular weight excluding hydrogens is 382 g/mol. The van der Waals surface area contributed by atoms with Crippen molar-refractivity contribution in [2.24, 2.45) is 11.0 Å². The van der Waals surface area contributed by atoms with Crippen LogP contribution in [-0.4, -0.2) is 49.1 Å². The molecule has 0 radical (unpaired) electrons. The summed E-state index contributed by atoms with van der Waals surface area (Å²) < 4.78 is 0. The number of anilines is 1. The maximum Gasteiger partial charge on any atom is 0.269 e. The van der Waals surface area contributed by atoms with Gasteiger partial charge in [-0.1, -0.05) is 24.3 Å². The number of benzene rings is 2. The second-order valence-corrected chi connectivity index (χ2v) is 7.69. The predicted molar refractivity (Wildman–Crippen MR) is 118 cm³/mol. The molecule has 3 rings (SSSR count). The maximum atomic E-state index is 12.4. The first-order chi connectivity index (χ1) is 14.4. The van der Waals surface area contributed by atoms with E-state index in [0.717, 1.165) is 49.3 Å². The van der Waals surface area contributed by atoms with Gasteiger partial charge in [-0.3, -0.25) is 19.8 Å². The van der Waals surface area contributed by atoms with Gasteiger partial charge in [-0.05, 0) is 49.2 Å². The molecule has 8 nitrogen and oxygen atoms in total. The lowest BCUT2D eigenvalue weighted by molar-refractivity contribution is -0.384. The van der Waals surface area contributed by atoms with Crippen molar-refractivity contribution in [1.82, 2.24) is 10.3 Å². The van der Waals surface area contributed by atoms with Gasteiger partial charge in [0.1, 0.15) is 0 Å². The van der Waals surface area contributed by atoms with Gasteiger partial charge >= 0.3 is 0 Å². The standard InChI is InChI=1S/C22H27N5O3/c1-25(2)20-7-3-17(4-8-20)15-23-24-22(28)19-11-13-26(14-12-19)16-18-5-9-21(10-6-18)27(29)30/h3-10,15,19H,11-14,16H2,1-2H3,(H,24,28)/b23-15-. The van der Waals surface area contributed by atoms with Gasteiger partial charge in [0, 0.05) is 44.4 Å². The third-order valence-electron chi connectivity index (χ3n) is 5.31. The third kappa shape index (κ3) is 5.87. The Morgan fingerprint density at radius 1 is 1.17 bits per heavy atom. The number of nitrogens with zero attached hydrogens (tertiary/aromatic N) is 4. The van der Waals surface area contributed by atoms with Crippen LogP contribution in [0.4, 0.5) is 11.4 Å². The first-order valence-corrected chi connectivity index (χ1v) is 9.98. The fraction of sp³-hybridized carbons (Fsp3) is 0.364. The monoisotopic (exact) mass is 409 g/mol. The molecular formula is C22H27N5O3. The Hall–Kier alpha value is -3.26. The number of carbonyl (C=O) groups is 1. The summed E-state index contributed by atoms with van der Waals surface area (Å²) in [4.78, 5) is 27.0. The van der Waals surface area contributed by atoms with Crippen molar-refractivity contribution in [3.8, 4) is 0 Å². The number of hydrazone groups is 1. The van der Waals surface area contributed by atoms with Crippen LogP contribution in [-0.2, 0) is 11.3 Å². The molecule has 2 aromatic carbocycles. The van der Waals surface area contributed by atoms with Crippen LogP contribution in [0.3, 0.4) is 0 Å². The summed E-state index contributed by atoms with van der Waals surface area (Å²) in [6, 6.07) is 14.6. The number of likely N-dealkylation sites (tertiary alicyclic amines) is 1. The van der Waals surface area contributed by atoms with Crippen LogP contribution in [0.25, 0.3) is 0 Å². The lowest BCUT2D eigenvalue weighted by atomic mass is 9.96. The number of amides is 1. The average Bonchev–Trinajstić information content (AvgIpc) is 2.75. The molecule has 0 saturated carbocycles. The number of rotatable bonds is 7. The Bertz CT molecular complexity index is 886. The number of nitro benzene ring substituents is 1. The molecule has 158 valence electrons. The minimum absolute atomic E-state index is 0.0497. The molecule has 1 fully saturated rings. The van der Waals surface area contributed by atoms with Gasteiger partial charge in [-0.2, -0.15) is 5.10 Å². The Morgan fingerprint density at radius 3 is 2.37 bits per heavy atom. The zero-order valence-electron chi connectivity index (χ0n) is 17.3. The minimum Gasteiger partial charge on any atom is -0.378 e. The molecule has 1 aliphatic heterocycles. The maximum absolute atomic E-state index is 12.4. The molecule has 0 unspecified atom stereocenters. The zero-order chi connectivity index (χ0) is 21.5. The summed E-state index contributed by atoms with van der Waals surface area (Å²) in [6.07, 6.45) is 3.19. The summed E-state index contributed by atoms with van der Waals surface area (Å²) in [6.45, 7) is 2.35. The zero-order valence-corrected chi connectivity index (χ0v) is 17.3. The van der Waals surface area contributed by atoms with Gasteiger partial charge in [0.25, 0.3) is 5.69 Å². The third-order valence-corrected chi connectivity index (χ3v) is 5.31. The first kappa shape index (κ1) is 21.4. The molecule has 8 heteroatoms. The molecule has 1 saturated heterocycles. The van der Waals surface area contributed by atoms with E-state index in [1.54, 1.807) is 18.3 Å². The summed E-state index contributed by atoms with van der Waals surface area (Å²) >= 11 is 0. The summed E-state index contributed by atoms with van der Waals surface area (Å²) in [5.41, 5.74) is 5.83. The molecule has 1 N–H and O–H groups in total. The first-order valence-electron chi connectivity index (χ1n) is 9.98. The highest BCUT2D eigenvalue weighted by atomic mass is 16.6. The number of carbonyl (C=O) groups excluding carboxylic acids is 1. The quantitative estimate of drug-likeness (QED) is 0.431. The Balaban J connectivity index is 1.43. The van der Waals surface area contributed by atoms with Gasteiger partial charge in [0.15, 0.2) is 0 Å². The van der Waals surface area contributed by atoms with Crippen LogP contribution in [0.1, 0.15) is 24.0 Å². The van der Waals surface area contributed by atoms with Crippen LogP contribution in [0.15, 0.2) is 53.6 Å². The normalized spacial score (nSPS) is 15.3. The second-order valence-electron chi connectivity index (χ2n) is 7.69. The molecule has 1 aliphatic rings. The Kier molecular flexibility index (Phi) is 7.13. The van der Waals surface area contributed by atoms with Crippen molar-refractivity contribution < 1.29 is 9.72 Å². The summed E-state index contributed by atoms with van der Waals surface area (Å²) in [5.74, 6) is -0.0995. The highest BCUT2D eigenvalue weighted by molar-refractivity contribution is 5.83. The van der Waals surface area contributed by atoms with Gasteiger partial charge in [0.2, 0.25) is 5.91 Å². The largest absolute Gasteiger partial charge is 0.378 e. The number of nitro groups is 1. The van der Waals surface area contributed by atoms with E-state index in [4.69, 9.17) is 0 Å². The van der Waals surface area contributed by atoms with Gasteiger partial charge in [-0.25, -0.2) is 5.43 Å². The summed E-state index contributed by atoms with van der Waals surface area (Å²) in [5, 5.41) is 14.8. The SMILES string of the molecule is CN(C)c1ccc(/C=N\NC(=O)C2CCN(Cc3ccc([N+](=O)[O-])cc3)CC2)cc1. The summed E-state index contributed by atoms with van der Waals surface area (Å²) in [7, 11) is 3.97. The van der Waals surface area contributed by atoms with Crippen molar-refractivity contribution in [1.29, 1.82) is 0 Å². The molecule has 1 heterocycles. The van der Waals surface area contributed by atoms with Crippen molar-refractivity contribution in [2.75, 3.05) is 32.1 Å². The fourth-order valence-electron chi connectivity index (χ4n) is 3.45. The molecule has 0 aliphatic carbocycles. The topological polar surface area (TPSA) is 91.1 Å². The second kappa shape index (κ2) is 9.98. The molecule has 1 amide bonds. The number of hydrogen-bond donors (Lipinski definition) is 1. The number of nitrogens with one attached hydrogen (secondary N) is 1. The van der Waals surface area contributed by atoms with E-state index in [2.05, 4.69) is 15.4 Å². The molecule has 0 spiro atoms. The van der Waals surface area contributed by atoms with Crippen LogP contribution in [0.5, 0.6) is 0 Å². The van der Waals surface area contributed by atoms with E-state index >= 15 is 0 Å². The van der Waals surface area contributed by atoms with Crippen molar-refractivity contribution >= 4 is 23.5 Å². The lowest BCUT2D eigenvalue weighted by Crippen LogP contribution is -2.39. The van der Waals surface area contributed by atoms with Crippen LogP contribution >= 0.6 is 0 Å². The molecule has 2 aromatic rings. The van der Waals surface area contributed by atoms with Gasteiger partial charge < -0.3 is 4.90 Å². The number of non-ortho nitro benzene ring substituents is 1. The van der Waals surface area contributed by atoms with Gasteiger partial charge in [-0.15, -0.1) is 0 Å². The van der Waals surface area contributed by atoms with E-state index in [0.29, 0.717) is 0 Å². The van der Waals surface area contributed by atoms with Crippen LogP contribution < -0.4 is 10.3 Å². The van der Waals surface area contributed by atoms with E-state index in [1.807, 2.05) is 43.3 Å². The highest BCUT2D eigenvalue weighted by Gasteiger charge is 2.24. The molecule has 30 heavy (non-hydrogen) atoms. The van der Waals surface area contributed by atoms with E-state index < -0.39 is 4.92 Å². The van der Waals surface area contributed by atoms with E-state index in [-0.39, 0.29) is 17.5 Å². The van der Waals surface area contributed by atoms with Crippen molar-refractivity contribution in [3.05, 3.63) is 69.8 Å². The molecule has 0 bridgehead atoms. The number of hydrogen-bond acceptors (Lipinski definition) is 6. The molecule has 0 atom stereocenters. The van der Waals surface area contributed by atoms with Crippen LogP contribution in [0.2, 0.25) is 0 Å². The fourth-order valence-corrected chi connectivity index (χ4v) is 3.45. The Labute approximate surface area is 176 Å². The average molecular weight is 409 g/mol. The highest BCUT2D eigenvalue weighted by Crippen LogP contribution is 2.20. The number of piperidine rings is 1. The van der Waals surface area contributed by atoms with Crippen molar-refractivity contribution in [2.45, 2.75) is 19.4 Å². The van der Waals surface area contributed by atoms with Crippen LogP contribution in [0, 0.1) is 16.0 Å². The minimum atomic E-state index is -0.394.